The quantitative estimate of drug-likeness (QED) is 0.788. The summed E-state index contributed by atoms with van der Waals surface area (Å²) in [4.78, 5) is 0. The second-order valence-electron chi connectivity index (χ2n) is 4.90. The first-order chi connectivity index (χ1) is 7.74. The van der Waals surface area contributed by atoms with Gasteiger partial charge in [-0.15, -0.1) is 0 Å². The van der Waals surface area contributed by atoms with E-state index in [1.807, 2.05) is 0 Å². The van der Waals surface area contributed by atoms with Crippen molar-refractivity contribution in [3.05, 3.63) is 0 Å². The van der Waals surface area contributed by atoms with Gasteiger partial charge in [0, 0.05) is 32.0 Å². The van der Waals surface area contributed by atoms with Gasteiger partial charge in [-0.2, -0.15) is 0 Å². The topological polar surface area (TPSA) is 39.7 Å². The first kappa shape index (κ1) is 12.3. The van der Waals surface area contributed by atoms with Crippen LogP contribution in [0.25, 0.3) is 0 Å². The Bertz CT molecular complexity index is 206. The van der Waals surface area contributed by atoms with Crippen LogP contribution in [-0.4, -0.2) is 44.8 Å². The monoisotopic (exact) mass is 229 g/mol. The summed E-state index contributed by atoms with van der Waals surface area (Å²) < 4.78 is 16.5. The molecule has 0 amide bonds. The summed E-state index contributed by atoms with van der Waals surface area (Å²) in [6.07, 6.45) is 4.30. The predicted octanol–water partition coefficient (Wildman–Crippen LogP) is 1.30. The molecule has 0 aromatic carbocycles. The molecule has 0 bridgehead atoms. The van der Waals surface area contributed by atoms with E-state index in [2.05, 4.69) is 12.2 Å². The number of rotatable bonds is 4. The van der Waals surface area contributed by atoms with Gasteiger partial charge in [-0.05, 0) is 19.8 Å². The first-order valence-electron chi connectivity index (χ1n) is 6.27. The molecule has 2 rings (SSSR count). The van der Waals surface area contributed by atoms with Crippen LogP contribution in [0.2, 0.25) is 0 Å². The standard InChI is InChI=1S/C12H23NO3/c1-10(9-14-2)13-11-3-5-12(6-4-11)15-7-8-16-12/h10-11,13H,3-9H2,1-2H3. The van der Waals surface area contributed by atoms with Crippen molar-refractivity contribution < 1.29 is 14.2 Å². The van der Waals surface area contributed by atoms with E-state index in [0.29, 0.717) is 12.1 Å². The van der Waals surface area contributed by atoms with Crippen LogP contribution in [0.15, 0.2) is 0 Å². The van der Waals surface area contributed by atoms with Crippen LogP contribution >= 0.6 is 0 Å². The zero-order chi connectivity index (χ0) is 11.4. The van der Waals surface area contributed by atoms with Crippen molar-refractivity contribution in [1.82, 2.24) is 5.32 Å². The van der Waals surface area contributed by atoms with E-state index < -0.39 is 0 Å². The van der Waals surface area contributed by atoms with Gasteiger partial charge in [-0.25, -0.2) is 0 Å². The van der Waals surface area contributed by atoms with Gasteiger partial charge in [0.05, 0.1) is 19.8 Å². The Morgan fingerprint density at radius 1 is 1.31 bits per heavy atom. The second-order valence-corrected chi connectivity index (χ2v) is 4.90. The van der Waals surface area contributed by atoms with Gasteiger partial charge in [0.25, 0.3) is 0 Å². The molecule has 4 nitrogen and oxygen atoms in total. The number of ether oxygens (including phenoxy) is 3. The molecule has 2 aliphatic rings. The lowest BCUT2D eigenvalue weighted by atomic mass is 9.89. The Morgan fingerprint density at radius 3 is 2.50 bits per heavy atom. The zero-order valence-corrected chi connectivity index (χ0v) is 10.3. The zero-order valence-electron chi connectivity index (χ0n) is 10.3. The van der Waals surface area contributed by atoms with Crippen molar-refractivity contribution in [2.45, 2.75) is 50.5 Å². The van der Waals surface area contributed by atoms with Gasteiger partial charge in [-0.1, -0.05) is 0 Å². The molecule has 1 aliphatic carbocycles. The highest BCUT2D eigenvalue weighted by Crippen LogP contribution is 2.35. The number of hydrogen-bond donors (Lipinski definition) is 1. The van der Waals surface area contributed by atoms with Crippen molar-refractivity contribution in [3.63, 3.8) is 0 Å². The van der Waals surface area contributed by atoms with Gasteiger partial charge in [-0.3, -0.25) is 0 Å². The summed E-state index contributed by atoms with van der Waals surface area (Å²) in [5, 5.41) is 3.59. The Labute approximate surface area is 97.6 Å². The van der Waals surface area contributed by atoms with E-state index in [-0.39, 0.29) is 5.79 Å². The molecule has 1 spiro atoms. The van der Waals surface area contributed by atoms with Crippen molar-refractivity contribution in [3.8, 4) is 0 Å². The fraction of sp³-hybridized carbons (Fsp3) is 1.00. The van der Waals surface area contributed by atoms with Crippen LogP contribution in [0.3, 0.4) is 0 Å². The van der Waals surface area contributed by atoms with E-state index >= 15 is 0 Å². The van der Waals surface area contributed by atoms with E-state index in [0.717, 1.165) is 45.5 Å². The lowest BCUT2D eigenvalue weighted by Crippen LogP contribution is -2.45. The number of nitrogens with one attached hydrogen (secondary N) is 1. The average molecular weight is 229 g/mol. The van der Waals surface area contributed by atoms with Crippen LogP contribution < -0.4 is 5.32 Å². The van der Waals surface area contributed by atoms with Gasteiger partial charge in [0.1, 0.15) is 0 Å². The van der Waals surface area contributed by atoms with Crippen molar-refractivity contribution in [1.29, 1.82) is 0 Å². The third-order valence-electron chi connectivity index (χ3n) is 3.50. The fourth-order valence-electron chi connectivity index (χ4n) is 2.71. The van der Waals surface area contributed by atoms with Crippen molar-refractivity contribution in [2.75, 3.05) is 26.9 Å². The molecule has 1 saturated heterocycles. The molecule has 0 radical (unpaired) electrons. The minimum atomic E-state index is -0.233. The van der Waals surface area contributed by atoms with Crippen molar-refractivity contribution >= 4 is 0 Å². The molecule has 1 aliphatic heterocycles. The third-order valence-corrected chi connectivity index (χ3v) is 3.50. The summed E-state index contributed by atoms with van der Waals surface area (Å²) >= 11 is 0. The molecular weight excluding hydrogens is 206 g/mol. The Morgan fingerprint density at radius 2 is 1.94 bits per heavy atom. The number of hydrogen-bond acceptors (Lipinski definition) is 4. The SMILES string of the molecule is COCC(C)NC1CCC2(CC1)OCCO2. The van der Waals surface area contributed by atoms with Crippen LogP contribution in [0.5, 0.6) is 0 Å². The molecule has 4 heteroatoms. The Balaban J connectivity index is 1.72. The van der Waals surface area contributed by atoms with E-state index in [1.165, 1.54) is 0 Å². The molecule has 2 fully saturated rings. The molecule has 94 valence electrons. The summed E-state index contributed by atoms with van der Waals surface area (Å²) in [5.74, 6) is -0.233. The molecule has 0 aromatic rings. The summed E-state index contributed by atoms with van der Waals surface area (Å²) in [7, 11) is 1.74. The van der Waals surface area contributed by atoms with Gasteiger partial charge in [0.2, 0.25) is 0 Å². The molecule has 1 N–H and O–H groups in total. The maximum atomic E-state index is 5.71. The molecule has 1 saturated carbocycles. The fourth-order valence-corrected chi connectivity index (χ4v) is 2.71. The molecule has 0 aromatic heterocycles. The van der Waals surface area contributed by atoms with Crippen LogP contribution in [0.4, 0.5) is 0 Å². The average Bonchev–Trinajstić information content (AvgIpc) is 2.71. The van der Waals surface area contributed by atoms with Crippen LogP contribution in [0.1, 0.15) is 32.6 Å². The Kier molecular flexibility index (Phi) is 4.19. The number of methoxy groups -OCH3 is 1. The molecule has 1 atom stereocenters. The maximum absolute atomic E-state index is 5.71. The van der Waals surface area contributed by atoms with Crippen LogP contribution in [-0.2, 0) is 14.2 Å². The summed E-state index contributed by atoms with van der Waals surface area (Å²) in [6, 6.07) is 1.01. The highest BCUT2D eigenvalue weighted by Gasteiger charge is 2.40. The van der Waals surface area contributed by atoms with Crippen molar-refractivity contribution in [2.24, 2.45) is 0 Å². The minimum absolute atomic E-state index is 0.233. The van der Waals surface area contributed by atoms with Gasteiger partial charge in [0.15, 0.2) is 5.79 Å². The van der Waals surface area contributed by atoms with E-state index in [4.69, 9.17) is 14.2 Å². The predicted molar refractivity (Wildman–Crippen MR) is 61.4 cm³/mol. The Hall–Kier alpha value is -0.160. The molecule has 16 heavy (non-hydrogen) atoms. The van der Waals surface area contributed by atoms with Crippen LogP contribution in [0, 0.1) is 0 Å². The maximum Gasteiger partial charge on any atom is 0.168 e. The van der Waals surface area contributed by atoms with E-state index in [1.54, 1.807) is 7.11 Å². The molecule has 1 heterocycles. The largest absolute Gasteiger partial charge is 0.383 e. The van der Waals surface area contributed by atoms with Gasteiger partial charge >= 0.3 is 0 Å². The lowest BCUT2D eigenvalue weighted by molar-refractivity contribution is -0.179. The van der Waals surface area contributed by atoms with E-state index in [9.17, 15) is 0 Å². The first-order valence-corrected chi connectivity index (χ1v) is 6.27. The minimum Gasteiger partial charge on any atom is -0.383 e. The smallest absolute Gasteiger partial charge is 0.168 e. The highest BCUT2D eigenvalue weighted by molar-refractivity contribution is 4.86. The third kappa shape index (κ3) is 2.94. The molecule has 1 unspecified atom stereocenters. The molecular formula is C12H23NO3. The summed E-state index contributed by atoms with van der Waals surface area (Å²) in [5.41, 5.74) is 0. The highest BCUT2D eigenvalue weighted by atomic mass is 16.7. The summed E-state index contributed by atoms with van der Waals surface area (Å²) in [6.45, 7) is 4.46. The second kappa shape index (κ2) is 5.45. The normalized spacial score (nSPS) is 27.4. The lowest BCUT2D eigenvalue weighted by Gasteiger charge is -2.36. The van der Waals surface area contributed by atoms with Gasteiger partial charge < -0.3 is 19.5 Å².